The second-order valence-electron chi connectivity index (χ2n) is 2.28. The Bertz CT molecular complexity index is 438. The Morgan fingerprint density at radius 1 is 1.58 bits per heavy atom. The number of aryl methyl sites for hydroxylation is 1. The van der Waals surface area contributed by atoms with Gasteiger partial charge in [-0.05, 0) is 0 Å². The Kier molecular flexibility index (Phi) is 1.33. The molecule has 0 aromatic carbocycles. The zero-order valence-electron chi connectivity index (χ0n) is 6.29. The summed E-state index contributed by atoms with van der Waals surface area (Å²) in [5.74, 6) is 0.922. The van der Waals surface area contributed by atoms with Crippen LogP contribution in [0, 0.1) is 6.92 Å². The Labute approximate surface area is 66.6 Å². The molecule has 0 saturated carbocycles. The average molecular weight is 166 g/mol. The fraction of sp³-hybridized carbons (Fsp3) is 0.167. The normalized spacial score (nSPS) is 10.4. The molecule has 0 bridgehead atoms. The van der Waals surface area contributed by atoms with Crippen LogP contribution in [0.1, 0.15) is 5.89 Å². The number of nitrogens with zero attached hydrogens (tertiary/aromatic N) is 2. The van der Waals surface area contributed by atoms with Gasteiger partial charge in [-0.15, -0.1) is 0 Å². The first kappa shape index (κ1) is 6.84. The van der Waals surface area contributed by atoms with Crippen LogP contribution in [0.5, 0.6) is 0 Å². The number of H-pyrrole nitrogens is 2. The summed E-state index contributed by atoms with van der Waals surface area (Å²) in [6.45, 7) is 1.72. The minimum Gasteiger partial charge on any atom is -0.449 e. The van der Waals surface area contributed by atoms with Crippen LogP contribution in [0.4, 0.5) is 0 Å². The van der Waals surface area contributed by atoms with Gasteiger partial charge in [0.15, 0.2) is 11.7 Å². The predicted octanol–water partition coefficient (Wildman–Crippen LogP) is 0.0614. The van der Waals surface area contributed by atoms with E-state index in [1.165, 1.54) is 6.26 Å². The summed E-state index contributed by atoms with van der Waals surface area (Å²) in [7, 11) is 0. The molecule has 6 heteroatoms. The molecule has 2 N–H and O–H groups in total. The number of hydrogen-bond acceptors (Lipinski definition) is 4. The van der Waals surface area contributed by atoms with Crippen molar-refractivity contribution in [2.45, 2.75) is 6.92 Å². The molecule has 0 fully saturated rings. The summed E-state index contributed by atoms with van der Waals surface area (Å²) in [6, 6.07) is 0. The molecular weight excluding hydrogens is 160 g/mol. The minimum absolute atomic E-state index is 0.356. The Morgan fingerprint density at radius 2 is 2.42 bits per heavy atom. The molecule has 0 spiro atoms. The van der Waals surface area contributed by atoms with Crippen molar-refractivity contribution >= 4 is 0 Å². The SMILES string of the molecule is Cc1nc(-c2n[nH]c(=O)[nH]2)co1. The van der Waals surface area contributed by atoms with Crippen LogP contribution in [0.2, 0.25) is 0 Å². The van der Waals surface area contributed by atoms with Gasteiger partial charge in [0.2, 0.25) is 0 Å². The summed E-state index contributed by atoms with van der Waals surface area (Å²) >= 11 is 0. The fourth-order valence-corrected chi connectivity index (χ4v) is 0.864. The van der Waals surface area contributed by atoms with Crippen molar-refractivity contribution in [3.05, 3.63) is 22.6 Å². The maximum atomic E-state index is 10.6. The maximum Gasteiger partial charge on any atom is 0.340 e. The van der Waals surface area contributed by atoms with Crippen LogP contribution in [0.3, 0.4) is 0 Å². The Hall–Kier alpha value is -1.85. The molecular formula is C6H6N4O2. The van der Waals surface area contributed by atoms with Crippen molar-refractivity contribution in [3.8, 4) is 11.5 Å². The molecule has 0 aliphatic rings. The molecule has 2 heterocycles. The van der Waals surface area contributed by atoms with E-state index in [0.29, 0.717) is 17.4 Å². The van der Waals surface area contributed by atoms with Gasteiger partial charge in [0.05, 0.1) is 0 Å². The van der Waals surface area contributed by atoms with Crippen LogP contribution in [0.25, 0.3) is 11.5 Å². The average Bonchev–Trinajstić information content (AvgIpc) is 2.58. The Morgan fingerprint density at radius 3 is 2.92 bits per heavy atom. The van der Waals surface area contributed by atoms with Crippen molar-refractivity contribution in [2.75, 3.05) is 0 Å². The third kappa shape index (κ3) is 1.03. The van der Waals surface area contributed by atoms with Gasteiger partial charge in [-0.1, -0.05) is 0 Å². The largest absolute Gasteiger partial charge is 0.449 e. The van der Waals surface area contributed by atoms with E-state index in [0.717, 1.165) is 0 Å². The molecule has 62 valence electrons. The highest BCUT2D eigenvalue weighted by atomic mass is 16.3. The lowest BCUT2D eigenvalue weighted by Crippen LogP contribution is -2.00. The third-order valence-electron chi connectivity index (χ3n) is 1.36. The van der Waals surface area contributed by atoms with Crippen LogP contribution < -0.4 is 5.69 Å². The number of nitrogens with one attached hydrogen (secondary N) is 2. The standard InChI is InChI=1S/C6H6N4O2/c1-3-7-4(2-12-3)5-8-6(11)10-9-5/h2H,1H3,(H2,8,9,10,11). The highest BCUT2D eigenvalue weighted by Gasteiger charge is 2.05. The fourth-order valence-electron chi connectivity index (χ4n) is 0.864. The van der Waals surface area contributed by atoms with Gasteiger partial charge in [-0.25, -0.2) is 14.9 Å². The predicted molar refractivity (Wildman–Crippen MR) is 39.4 cm³/mol. The highest BCUT2D eigenvalue weighted by Crippen LogP contribution is 2.10. The van der Waals surface area contributed by atoms with Gasteiger partial charge >= 0.3 is 5.69 Å². The van der Waals surface area contributed by atoms with Crippen molar-refractivity contribution in [1.29, 1.82) is 0 Å². The molecule has 0 atom stereocenters. The van der Waals surface area contributed by atoms with E-state index in [-0.39, 0.29) is 5.69 Å². The molecule has 0 aliphatic carbocycles. The van der Waals surface area contributed by atoms with Crippen molar-refractivity contribution in [1.82, 2.24) is 20.2 Å². The lowest BCUT2D eigenvalue weighted by Gasteiger charge is -1.81. The van der Waals surface area contributed by atoms with Gasteiger partial charge in [-0.3, -0.25) is 4.98 Å². The van der Waals surface area contributed by atoms with E-state index in [2.05, 4.69) is 20.2 Å². The van der Waals surface area contributed by atoms with Gasteiger partial charge in [0.1, 0.15) is 12.0 Å². The first-order valence-electron chi connectivity index (χ1n) is 3.33. The number of hydrogen-bond donors (Lipinski definition) is 2. The summed E-state index contributed by atoms with van der Waals surface area (Å²) in [4.78, 5) is 17.1. The second kappa shape index (κ2) is 2.33. The van der Waals surface area contributed by atoms with Gasteiger partial charge in [-0.2, -0.15) is 5.10 Å². The van der Waals surface area contributed by atoms with Crippen LogP contribution in [-0.2, 0) is 0 Å². The molecule has 2 aromatic heterocycles. The molecule has 0 amide bonds. The molecule has 12 heavy (non-hydrogen) atoms. The summed E-state index contributed by atoms with van der Waals surface area (Å²) in [5, 5.41) is 5.92. The topological polar surface area (TPSA) is 87.6 Å². The summed E-state index contributed by atoms with van der Waals surface area (Å²) < 4.78 is 4.94. The van der Waals surface area contributed by atoms with E-state index in [9.17, 15) is 4.79 Å². The van der Waals surface area contributed by atoms with Crippen LogP contribution >= 0.6 is 0 Å². The third-order valence-corrected chi connectivity index (χ3v) is 1.36. The zero-order valence-corrected chi connectivity index (χ0v) is 6.29. The number of aromatic amines is 2. The molecule has 0 saturated heterocycles. The lowest BCUT2D eigenvalue weighted by atomic mass is 10.5. The maximum absolute atomic E-state index is 10.6. The van der Waals surface area contributed by atoms with E-state index in [1.807, 2.05) is 0 Å². The van der Waals surface area contributed by atoms with Crippen molar-refractivity contribution < 1.29 is 4.42 Å². The minimum atomic E-state index is -0.356. The first-order valence-corrected chi connectivity index (χ1v) is 3.33. The van der Waals surface area contributed by atoms with Gasteiger partial charge in [0, 0.05) is 6.92 Å². The number of rotatable bonds is 1. The zero-order chi connectivity index (χ0) is 8.55. The molecule has 0 unspecified atom stereocenters. The van der Waals surface area contributed by atoms with E-state index >= 15 is 0 Å². The number of aromatic nitrogens is 4. The second-order valence-corrected chi connectivity index (χ2v) is 2.28. The summed E-state index contributed by atoms with van der Waals surface area (Å²) in [5.41, 5.74) is 0.163. The number of oxazole rings is 1. The van der Waals surface area contributed by atoms with E-state index < -0.39 is 0 Å². The van der Waals surface area contributed by atoms with Crippen molar-refractivity contribution in [2.24, 2.45) is 0 Å². The highest BCUT2D eigenvalue weighted by molar-refractivity contribution is 5.45. The quantitative estimate of drug-likeness (QED) is 0.627. The summed E-state index contributed by atoms with van der Waals surface area (Å²) in [6.07, 6.45) is 1.43. The first-order chi connectivity index (χ1) is 5.75. The van der Waals surface area contributed by atoms with E-state index in [4.69, 9.17) is 4.42 Å². The molecule has 6 nitrogen and oxygen atoms in total. The van der Waals surface area contributed by atoms with Crippen molar-refractivity contribution in [3.63, 3.8) is 0 Å². The molecule has 2 rings (SSSR count). The van der Waals surface area contributed by atoms with Crippen LogP contribution in [0.15, 0.2) is 15.5 Å². The molecule has 0 aliphatic heterocycles. The van der Waals surface area contributed by atoms with Gasteiger partial charge in [0.25, 0.3) is 0 Å². The lowest BCUT2D eigenvalue weighted by molar-refractivity contribution is 0.521. The molecule has 2 aromatic rings. The van der Waals surface area contributed by atoms with Crippen LogP contribution in [-0.4, -0.2) is 20.2 Å². The van der Waals surface area contributed by atoms with E-state index in [1.54, 1.807) is 6.92 Å². The smallest absolute Gasteiger partial charge is 0.340 e. The molecule has 0 radical (unpaired) electrons. The Balaban J connectivity index is 2.50. The van der Waals surface area contributed by atoms with Gasteiger partial charge < -0.3 is 4.42 Å². The monoisotopic (exact) mass is 166 g/mol.